The van der Waals surface area contributed by atoms with Crippen LogP contribution in [0.15, 0.2) is 41.3 Å². The van der Waals surface area contributed by atoms with Gasteiger partial charge in [-0.3, -0.25) is 4.79 Å². The molecule has 0 fully saturated rings. The van der Waals surface area contributed by atoms with Crippen LogP contribution in [-0.2, 0) is 21.2 Å². The average molecular weight is 391 g/mol. The molecular formula is C18H25N5O3S. The summed E-state index contributed by atoms with van der Waals surface area (Å²) in [6, 6.07) is 9.88. The molecule has 0 radical (unpaired) electrons. The predicted octanol–water partition coefficient (Wildman–Crippen LogP) is 2.15. The van der Waals surface area contributed by atoms with Gasteiger partial charge >= 0.3 is 0 Å². The molecule has 1 aromatic heterocycles. The number of amides is 1. The maximum Gasteiger partial charge on any atom is 0.238 e. The molecule has 0 aliphatic heterocycles. The number of rotatable bonds is 9. The minimum Gasteiger partial charge on any atom is -0.368 e. The molecular weight excluding hydrogens is 366 g/mol. The summed E-state index contributed by atoms with van der Waals surface area (Å²) in [7, 11) is -3.67. The number of nitrogens with one attached hydrogen (secondary N) is 2. The number of sulfonamides is 1. The van der Waals surface area contributed by atoms with E-state index < -0.39 is 10.0 Å². The van der Waals surface area contributed by atoms with Crippen molar-refractivity contribution in [1.29, 1.82) is 0 Å². The van der Waals surface area contributed by atoms with Crippen molar-refractivity contribution in [2.24, 2.45) is 11.1 Å². The summed E-state index contributed by atoms with van der Waals surface area (Å²) in [6.45, 7) is 4.56. The van der Waals surface area contributed by atoms with E-state index in [1.54, 1.807) is 24.3 Å². The summed E-state index contributed by atoms with van der Waals surface area (Å²) < 4.78 is 22.5. The number of carbonyl (C=O) groups is 1. The lowest BCUT2D eigenvalue weighted by molar-refractivity contribution is -0.120. The van der Waals surface area contributed by atoms with Gasteiger partial charge in [0.05, 0.1) is 4.90 Å². The maximum atomic E-state index is 12.0. The monoisotopic (exact) mass is 391 g/mol. The van der Waals surface area contributed by atoms with Gasteiger partial charge in [0.2, 0.25) is 15.9 Å². The van der Waals surface area contributed by atoms with Gasteiger partial charge in [-0.15, -0.1) is 10.2 Å². The van der Waals surface area contributed by atoms with Crippen LogP contribution in [0.5, 0.6) is 0 Å². The molecule has 0 saturated heterocycles. The summed E-state index contributed by atoms with van der Waals surface area (Å²) in [5.74, 6) is 0.955. The number of anilines is 2. The van der Waals surface area contributed by atoms with Crippen LogP contribution in [0.25, 0.3) is 0 Å². The van der Waals surface area contributed by atoms with Crippen LogP contribution in [-0.4, -0.2) is 31.1 Å². The van der Waals surface area contributed by atoms with Gasteiger partial charge in [-0.05, 0) is 49.1 Å². The predicted molar refractivity (Wildman–Crippen MR) is 105 cm³/mol. The minimum atomic E-state index is -3.67. The number of aromatic nitrogens is 2. The Labute approximate surface area is 159 Å². The molecule has 2 rings (SSSR count). The summed E-state index contributed by atoms with van der Waals surface area (Å²) in [4.78, 5) is 12.1. The smallest absolute Gasteiger partial charge is 0.238 e. The third-order valence-electron chi connectivity index (χ3n) is 4.24. The van der Waals surface area contributed by atoms with Crippen molar-refractivity contribution in [3.63, 3.8) is 0 Å². The molecule has 4 N–H and O–H groups in total. The first kappa shape index (κ1) is 20.8. The van der Waals surface area contributed by atoms with Crippen LogP contribution in [0.3, 0.4) is 0 Å². The lowest BCUT2D eigenvalue weighted by atomic mass is 10.0. The molecule has 0 aliphatic rings. The van der Waals surface area contributed by atoms with Crippen molar-refractivity contribution in [1.82, 2.24) is 10.2 Å². The Morgan fingerprint density at radius 2 is 1.63 bits per heavy atom. The fourth-order valence-electron chi connectivity index (χ4n) is 2.56. The lowest BCUT2D eigenvalue weighted by Crippen LogP contribution is -2.22. The Bertz CT molecular complexity index is 848. The van der Waals surface area contributed by atoms with E-state index in [4.69, 9.17) is 5.14 Å². The van der Waals surface area contributed by atoms with Gasteiger partial charge in [0.15, 0.2) is 5.82 Å². The average Bonchev–Trinajstić information content (AvgIpc) is 2.64. The fraction of sp³-hybridized carbons (Fsp3) is 0.389. The topological polar surface area (TPSA) is 127 Å². The van der Waals surface area contributed by atoms with Crippen LogP contribution in [0.1, 0.15) is 32.3 Å². The zero-order valence-corrected chi connectivity index (χ0v) is 16.3. The second-order valence-corrected chi connectivity index (χ2v) is 7.73. The molecule has 1 amide bonds. The van der Waals surface area contributed by atoms with E-state index in [0.29, 0.717) is 24.6 Å². The minimum absolute atomic E-state index is 0.0229. The number of primary sulfonamides is 1. The van der Waals surface area contributed by atoms with E-state index >= 15 is 0 Å². The van der Waals surface area contributed by atoms with Crippen LogP contribution in [0.4, 0.5) is 11.6 Å². The Kier molecular flexibility index (Phi) is 7.26. The maximum absolute atomic E-state index is 12.0. The van der Waals surface area contributed by atoms with Crippen molar-refractivity contribution in [3.05, 3.63) is 42.0 Å². The van der Waals surface area contributed by atoms with Gasteiger partial charge in [0.25, 0.3) is 0 Å². The Morgan fingerprint density at radius 3 is 2.15 bits per heavy atom. The van der Waals surface area contributed by atoms with Gasteiger partial charge < -0.3 is 10.6 Å². The molecule has 1 heterocycles. The second-order valence-electron chi connectivity index (χ2n) is 6.17. The molecule has 0 spiro atoms. The highest BCUT2D eigenvalue weighted by atomic mass is 32.2. The molecule has 2 aromatic rings. The first-order chi connectivity index (χ1) is 12.8. The zero-order valence-electron chi connectivity index (χ0n) is 15.5. The number of hydrogen-bond donors (Lipinski definition) is 3. The van der Waals surface area contributed by atoms with Crippen molar-refractivity contribution >= 4 is 27.6 Å². The highest BCUT2D eigenvalue weighted by molar-refractivity contribution is 7.89. The molecule has 9 heteroatoms. The highest BCUT2D eigenvalue weighted by Crippen LogP contribution is 2.13. The standard InChI is InChI=1S/C18H25N5O3S/c1-3-14(4-2)18(24)21-17-10-9-16(22-23-17)20-12-11-13-5-7-15(8-6-13)27(19,25)26/h5-10,14H,3-4,11-12H2,1-2H3,(H,20,22)(H2,19,25,26)(H,21,23,24). The van der Waals surface area contributed by atoms with E-state index in [1.807, 2.05) is 13.8 Å². The van der Waals surface area contributed by atoms with Gasteiger partial charge in [-0.1, -0.05) is 26.0 Å². The summed E-state index contributed by atoms with van der Waals surface area (Å²) in [5, 5.41) is 19.0. The Hall–Kier alpha value is -2.52. The van der Waals surface area contributed by atoms with Crippen molar-refractivity contribution in [2.45, 2.75) is 38.0 Å². The van der Waals surface area contributed by atoms with E-state index in [2.05, 4.69) is 20.8 Å². The summed E-state index contributed by atoms with van der Waals surface area (Å²) in [6.07, 6.45) is 2.25. The van der Waals surface area contributed by atoms with Gasteiger partial charge in [0.1, 0.15) is 5.82 Å². The quantitative estimate of drug-likeness (QED) is 0.601. The third kappa shape index (κ3) is 6.30. The number of carbonyl (C=O) groups excluding carboxylic acids is 1. The van der Waals surface area contributed by atoms with E-state index in [1.165, 1.54) is 12.1 Å². The van der Waals surface area contributed by atoms with Crippen molar-refractivity contribution < 1.29 is 13.2 Å². The molecule has 0 atom stereocenters. The van der Waals surface area contributed by atoms with E-state index in [-0.39, 0.29) is 16.7 Å². The summed E-state index contributed by atoms with van der Waals surface area (Å²) in [5.41, 5.74) is 0.969. The normalized spacial score (nSPS) is 11.4. The molecule has 0 unspecified atom stereocenters. The number of nitrogens with two attached hydrogens (primary N) is 1. The van der Waals surface area contributed by atoms with Crippen LogP contribution in [0.2, 0.25) is 0 Å². The molecule has 0 bridgehead atoms. The number of hydrogen-bond acceptors (Lipinski definition) is 6. The third-order valence-corrected chi connectivity index (χ3v) is 5.17. The van der Waals surface area contributed by atoms with Gasteiger partial charge in [0, 0.05) is 12.5 Å². The SMILES string of the molecule is CCC(CC)C(=O)Nc1ccc(NCCc2ccc(S(N)(=O)=O)cc2)nn1. The Balaban J connectivity index is 1.84. The van der Waals surface area contributed by atoms with Crippen LogP contribution in [0, 0.1) is 5.92 Å². The molecule has 27 heavy (non-hydrogen) atoms. The van der Waals surface area contributed by atoms with E-state index in [0.717, 1.165) is 18.4 Å². The molecule has 0 aliphatic carbocycles. The number of benzene rings is 1. The first-order valence-corrected chi connectivity index (χ1v) is 10.4. The van der Waals surface area contributed by atoms with Crippen molar-refractivity contribution in [2.75, 3.05) is 17.2 Å². The molecule has 1 aromatic carbocycles. The van der Waals surface area contributed by atoms with Crippen LogP contribution < -0.4 is 15.8 Å². The molecule has 0 saturated carbocycles. The fourth-order valence-corrected chi connectivity index (χ4v) is 3.08. The lowest BCUT2D eigenvalue weighted by Gasteiger charge is -2.12. The molecule has 8 nitrogen and oxygen atoms in total. The zero-order chi connectivity index (χ0) is 19.9. The Morgan fingerprint density at radius 1 is 1.04 bits per heavy atom. The first-order valence-electron chi connectivity index (χ1n) is 8.83. The second kappa shape index (κ2) is 9.43. The van der Waals surface area contributed by atoms with Crippen molar-refractivity contribution in [3.8, 4) is 0 Å². The van der Waals surface area contributed by atoms with E-state index in [9.17, 15) is 13.2 Å². The largest absolute Gasteiger partial charge is 0.368 e. The summed E-state index contributed by atoms with van der Waals surface area (Å²) >= 11 is 0. The molecule has 146 valence electrons. The van der Waals surface area contributed by atoms with Gasteiger partial charge in [-0.25, -0.2) is 13.6 Å². The number of nitrogens with zero attached hydrogens (tertiary/aromatic N) is 2. The van der Waals surface area contributed by atoms with Gasteiger partial charge in [-0.2, -0.15) is 0 Å². The highest BCUT2D eigenvalue weighted by Gasteiger charge is 2.14. The van der Waals surface area contributed by atoms with Crippen LogP contribution >= 0.6 is 0 Å².